The summed E-state index contributed by atoms with van der Waals surface area (Å²) in [4.78, 5) is 9.59. The first kappa shape index (κ1) is 8.89. The molecule has 0 saturated carbocycles. The number of nitrogens with zero attached hydrogens (tertiary/aromatic N) is 1. The first-order valence-corrected chi connectivity index (χ1v) is 4.00. The number of aromatic hydroxyl groups is 1. The fraction of sp³-hybridized carbons (Fsp3) is 0.250. The molecule has 0 aromatic heterocycles. The number of nitrogens with one attached hydrogen (secondary N) is 1. The largest absolute Gasteiger partial charge is 0.507 e. The van der Waals surface area contributed by atoms with E-state index in [0.29, 0.717) is 12.1 Å². The fourth-order valence-corrected chi connectivity index (χ4v) is 1.27. The molecule has 1 heterocycles. The highest BCUT2D eigenvalue weighted by atomic mass is 19.1. The van der Waals surface area contributed by atoms with Crippen molar-refractivity contribution in [2.75, 3.05) is 6.54 Å². The molecule has 0 amide bonds. The third-order valence-electron chi connectivity index (χ3n) is 2.08. The summed E-state index contributed by atoms with van der Waals surface area (Å²) in [6, 6.07) is 1.75. The minimum atomic E-state index is -1.02. The molecule has 14 heavy (non-hydrogen) atoms. The summed E-state index contributed by atoms with van der Waals surface area (Å²) < 4.78 is 12.9. The monoisotopic (exact) mass is 198 g/mol. The molecule has 1 aromatic carbocycles. The first-order valence-electron chi connectivity index (χ1n) is 4.00. The van der Waals surface area contributed by atoms with Gasteiger partial charge in [-0.25, -0.2) is 0 Å². The molecule has 1 fully saturated rings. The van der Waals surface area contributed by atoms with Gasteiger partial charge in [-0.3, -0.25) is 10.1 Å². The predicted octanol–water partition coefficient (Wildman–Crippen LogP) is 1.08. The summed E-state index contributed by atoms with van der Waals surface area (Å²) in [5, 5.41) is 22.6. The van der Waals surface area contributed by atoms with E-state index in [-0.39, 0.29) is 11.8 Å². The van der Waals surface area contributed by atoms with Crippen molar-refractivity contribution in [2.45, 2.75) is 6.04 Å². The molecule has 2 rings (SSSR count). The lowest BCUT2D eigenvalue weighted by molar-refractivity contribution is -0.387. The van der Waals surface area contributed by atoms with Crippen molar-refractivity contribution in [1.29, 1.82) is 0 Å². The van der Waals surface area contributed by atoms with Crippen LogP contribution in [0.15, 0.2) is 12.1 Å². The second kappa shape index (κ2) is 2.91. The maximum absolute atomic E-state index is 12.9. The summed E-state index contributed by atoms with van der Waals surface area (Å²) in [7, 11) is 0. The Morgan fingerprint density at radius 2 is 2.29 bits per heavy atom. The molecule has 0 radical (unpaired) electrons. The molecular formula is C8H7FN2O3. The SMILES string of the molecule is O=[N+]([O-])c1cc([C@H]2CN2)c(O)cc1F. The zero-order valence-electron chi connectivity index (χ0n) is 7.03. The van der Waals surface area contributed by atoms with E-state index in [0.717, 1.165) is 12.1 Å². The van der Waals surface area contributed by atoms with Crippen molar-refractivity contribution in [3.8, 4) is 5.75 Å². The smallest absolute Gasteiger partial charge is 0.305 e. The summed E-state index contributed by atoms with van der Waals surface area (Å²) >= 11 is 0. The van der Waals surface area contributed by atoms with Gasteiger partial charge in [0.1, 0.15) is 5.75 Å². The van der Waals surface area contributed by atoms with Crippen LogP contribution in [0.5, 0.6) is 5.75 Å². The van der Waals surface area contributed by atoms with E-state index in [1.807, 2.05) is 0 Å². The maximum Gasteiger partial charge on any atom is 0.305 e. The number of benzene rings is 1. The van der Waals surface area contributed by atoms with E-state index in [1.165, 1.54) is 0 Å². The van der Waals surface area contributed by atoms with Crippen molar-refractivity contribution in [3.05, 3.63) is 33.6 Å². The van der Waals surface area contributed by atoms with Crippen molar-refractivity contribution in [2.24, 2.45) is 0 Å². The topological polar surface area (TPSA) is 85.3 Å². The van der Waals surface area contributed by atoms with Gasteiger partial charge >= 0.3 is 5.69 Å². The van der Waals surface area contributed by atoms with Gasteiger partial charge in [0.25, 0.3) is 0 Å². The van der Waals surface area contributed by atoms with Gasteiger partial charge in [-0.1, -0.05) is 0 Å². The highest BCUT2D eigenvalue weighted by Crippen LogP contribution is 2.34. The minimum absolute atomic E-state index is 0.0886. The standard InChI is InChI=1S/C8H7FN2O3/c9-5-2-8(12)4(6-3-10-6)1-7(5)11(13)14/h1-2,6,10,12H,3H2/t6-/m1/s1. The van der Waals surface area contributed by atoms with Crippen LogP contribution in [0, 0.1) is 15.9 Å². The van der Waals surface area contributed by atoms with Crippen molar-refractivity contribution in [1.82, 2.24) is 5.32 Å². The average molecular weight is 198 g/mol. The molecule has 5 nitrogen and oxygen atoms in total. The maximum atomic E-state index is 12.9. The van der Waals surface area contributed by atoms with Crippen molar-refractivity contribution in [3.63, 3.8) is 0 Å². The number of halogens is 1. The summed E-state index contributed by atoms with van der Waals surface area (Å²) in [6.07, 6.45) is 0. The van der Waals surface area contributed by atoms with Crippen LogP contribution in [0.4, 0.5) is 10.1 Å². The Balaban J connectivity index is 2.51. The second-order valence-corrected chi connectivity index (χ2v) is 3.08. The third kappa shape index (κ3) is 1.39. The van der Waals surface area contributed by atoms with Gasteiger partial charge in [0.15, 0.2) is 0 Å². The van der Waals surface area contributed by atoms with E-state index in [2.05, 4.69) is 5.32 Å². The Morgan fingerprint density at radius 1 is 1.64 bits per heavy atom. The number of hydrogen-bond donors (Lipinski definition) is 2. The van der Waals surface area contributed by atoms with E-state index < -0.39 is 16.4 Å². The second-order valence-electron chi connectivity index (χ2n) is 3.08. The molecular weight excluding hydrogens is 191 g/mol. The molecule has 2 N–H and O–H groups in total. The first-order chi connectivity index (χ1) is 6.59. The molecule has 1 aromatic rings. The van der Waals surface area contributed by atoms with Gasteiger partial charge in [-0.15, -0.1) is 0 Å². The number of phenolic OH excluding ortho intramolecular Hbond substituents is 1. The van der Waals surface area contributed by atoms with Gasteiger partial charge in [-0.05, 0) is 0 Å². The Labute approximate surface area is 78.3 Å². The minimum Gasteiger partial charge on any atom is -0.507 e. The summed E-state index contributed by atoms with van der Waals surface area (Å²) in [5.74, 6) is -1.26. The molecule has 0 spiro atoms. The lowest BCUT2D eigenvalue weighted by Gasteiger charge is -2.02. The van der Waals surface area contributed by atoms with E-state index in [1.54, 1.807) is 0 Å². The van der Waals surface area contributed by atoms with Gasteiger partial charge in [0.05, 0.1) is 4.92 Å². The lowest BCUT2D eigenvalue weighted by atomic mass is 10.1. The average Bonchev–Trinajstić information content (AvgIpc) is 2.86. The quantitative estimate of drug-likeness (QED) is 0.423. The van der Waals surface area contributed by atoms with Crippen LogP contribution in [-0.4, -0.2) is 16.6 Å². The van der Waals surface area contributed by atoms with Gasteiger partial charge in [0, 0.05) is 30.3 Å². The predicted molar refractivity (Wildman–Crippen MR) is 45.5 cm³/mol. The Hall–Kier alpha value is -1.69. The highest BCUT2D eigenvalue weighted by molar-refractivity contribution is 5.47. The van der Waals surface area contributed by atoms with Crippen molar-refractivity contribution >= 4 is 5.69 Å². The van der Waals surface area contributed by atoms with Gasteiger partial charge in [-0.2, -0.15) is 4.39 Å². The molecule has 1 aliphatic rings. The molecule has 74 valence electrons. The molecule has 0 bridgehead atoms. The zero-order chi connectivity index (χ0) is 10.3. The van der Waals surface area contributed by atoms with Crippen LogP contribution in [0.2, 0.25) is 0 Å². The molecule has 1 aliphatic heterocycles. The normalized spacial score (nSPS) is 19.4. The molecule has 1 saturated heterocycles. The fourth-order valence-electron chi connectivity index (χ4n) is 1.27. The van der Waals surface area contributed by atoms with Gasteiger partial charge < -0.3 is 10.4 Å². The third-order valence-corrected chi connectivity index (χ3v) is 2.08. The van der Waals surface area contributed by atoms with E-state index >= 15 is 0 Å². The highest BCUT2D eigenvalue weighted by Gasteiger charge is 2.29. The van der Waals surface area contributed by atoms with Crippen LogP contribution >= 0.6 is 0 Å². The number of phenols is 1. The van der Waals surface area contributed by atoms with Crippen LogP contribution < -0.4 is 5.32 Å². The zero-order valence-corrected chi connectivity index (χ0v) is 7.03. The number of rotatable bonds is 2. The lowest BCUT2D eigenvalue weighted by Crippen LogP contribution is -1.95. The Morgan fingerprint density at radius 3 is 2.79 bits per heavy atom. The van der Waals surface area contributed by atoms with Crippen molar-refractivity contribution < 1.29 is 14.4 Å². The summed E-state index contributed by atoms with van der Waals surface area (Å²) in [5.41, 5.74) is -0.232. The van der Waals surface area contributed by atoms with Crippen LogP contribution in [-0.2, 0) is 0 Å². The molecule has 6 heteroatoms. The van der Waals surface area contributed by atoms with Gasteiger partial charge in [0.2, 0.25) is 5.82 Å². The number of nitro groups is 1. The Bertz CT molecular complexity index is 404. The van der Waals surface area contributed by atoms with E-state index in [4.69, 9.17) is 0 Å². The molecule has 0 unspecified atom stereocenters. The number of hydrogen-bond acceptors (Lipinski definition) is 4. The van der Waals surface area contributed by atoms with Crippen LogP contribution in [0.1, 0.15) is 11.6 Å². The van der Waals surface area contributed by atoms with Crippen LogP contribution in [0.25, 0.3) is 0 Å². The Kier molecular flexibility index (Phi) is 1.85. The van der Waals surface area contributed by atoms with E-state index in [9.17, 15) is 19.6 Å². The summed E-state index contributed by atoms with van der Waals surface area (Å²) in [6.45, 7) is 0.649. The number of nitro benzene ring substituents is 1. The molecule has 0 aliphatic carbocycles. The molecule has 1 atom stereocenters. The van der Waals surface area contributed by atoms with Crippen LogP contribution in [0.3, 0.4) is 0 Å².